The van der Waals surface area contributed by atoms with Crippen LogP contribution in [0.1, 0.15) is 45.7 Å². The van der Waals surface area contributed by atoms with Crippen molar-refractivity contribution in [3.8, 4) is 5.75 Å². The lowest BCUT2D eigenvalue weighted by Gasteiger charge is -2.45. The van der Waals surface area contributed by atoms with E-state index in [1.807, 2.05) is 69.3 Å². The van der Waals surface area contributed by atoms with Crippen molar-refractivity contribution in [1.82, 2.24) is 0 Å². The van der Waals surface area contributed by atoms with Crippen LogP contribution in [-0.2, 0) is 14.3 Å². The standard InChI is InChI=1S/C27H27NO4S3/c1-6-31-18-13-14-20-19(15-18)21(24(33)27(4,5)28(20)16(3)29)26-34-22(17-11-9-8-10-12-17)23(35-26)25(30)32-7-2/h8-15H,6-7H2,1-5H3/b26-21+. The highest BCUT2D eigenvalue weighted by molar-refractivity contribution is 8.32. The molecule has 0 fully saturated rings. The number of benzene rings is 2. The Bertz CT molecular complexity index is 1260. The van der Waals surface area contributed by atoms with Crippen molar-refractivity contribution in [1.29, 1.82) is 0 Å². The highest BCUT2D eigenvalue weighted by Gasteiger charge is 2.45. The maximum Gasteiger partial charge on any atom is 0.346 e. The summed E-state index contributed by atoms with van der Waals surface area (Å²) < 4.78 is 12.1. The van der Waals surface area contributed by atoms with E-state index in [2.05, 4.69) is 0 Å². The Balaban J connectivity index is 1.93. The van der Waals surface area contributed by atoms with Crippen molar-refractivity contribution >= 4 is 68.6 Å². The summed E-state index contributed by atoms with van der Waals surface area (Å²) in [4.78, 5) is 29.5. The molecule has 0 unspecified atom stereocenters. The van der Waals surface area contributed by atoms with Crippen molar-refractivity contribution < 1.29 is 19.1 Å². The Hall–Kier alpha value is -2.55. The summed E-state index contributed by atoms with van der Waals surface area (Å²) >= 11 is 8.94. The van der Waals surface area contributed by atoms with Crippen LogP contribution in [0.2, 0.25) is 0 Å². The molecule has 0 aromatic heterocycles. The van der Waals surface area contributed by atoms with Crippen LogP contribution in [0.4, 0.5) is 5.69 Å². The van der Waals surface area contributed by atoms with Crippen LogP contribution < -0.4 is 9.64 Å². The molecule has 182 valence electrons. The van der Waals surface area contributed by atoms with Gasteiger partial charge in [0.05, 0.1) is 33.5 Å². The number of hydrogen-bond donors (Lipinski definition) is 0. The van der Waals surface area contributed by atoms with E-state index >= 15 is 0 Å². The summed E-state index contributed by atoms with van der Waals surface area (Å²) in [6.45, 7) is 10.0. The molecule has 5 nitrogen and oxygen atoms in total. The van der Waals surface area contributed by atoms with Crippen LogP contribution in [0, 0.1) is 0 Å². The minimum absolute atomic E-state index is 0.0890. The largest absolute Gasteiger partial charge is 0.494 e. The normalized spacial score (nSPS) is 19.0. The van der Waals surface area contributed by atoms with Crippen molar-refractivity contribution in [2.45, 2.75) is 40.2 Å². The van der Waals surface area contributed by atoms with Gasteiger partial charge in [0.25, 0.3) is 0 Å². The number of esters is 1. The lowest BCUT2D eigenvalue weighted by molar-refractivity contribution is -0.137. The van der Waals surface area contributed by atoms with E-state index in [9.17, 15) is 9.59 Å². The van der Waals surface area contributed by atoms with Gasteiger partial charge in [-0.3, -0.25) is 4.79 Å². The van der Waals surface area contributed by atoms with Gasteiger partial charge >= 0.3 is 5.97 Å². The molecule has 0 saturated heterocycles. The number of amides is 1. The molecular formula is C27H27NO4S3. The SMILES string of the molecule is CCOC(=O)C1=C(c2ccccc2)S/C(=C2\C(=S)C(C)(C)N(C(C)=O)c3ccc(OCC)cc32)S1. The molecule has 0 atom stereocenters. The molecule has 8 heteroatoms. The molecule has 2 heterocycles. The number of rotatable bonds is 5. The predicted molar refractivity (Wildman–Crippen MR) is 150 cm³/mol. The van der Waals surface area contributed by atoms with Gasteiger partial charge in [0, 0.05) is 23.0 Å². The summed E-state index contributed by atoms with van der Waals surface area (Å²) in [5, 5.41) is 0. The van der Waals surface area contributed by atoms with Gasteiger partial charge in [0.15, 0.2) is 0 Å². The molecule has 2 aromatic carbocycles. The van der Waals surface area contributed by atoms with Gasteiger partial charge in [-0.05, 0) is 51.5 Å². The number of thioether (sulfide) groups is 2. The van der Waals surface area contributed by atoms with Crippen molar-refractivity contribution in [3.05, 3.63) is 68.8 Å². The molecule has 0 saturated carbocycles. The number of nitrogens with zero attached hydrogens (tertiary/aromatic N) is 1. The maximum absolute atomic E-state index is 12.9. The van der Waals surface area contributed by atoms with Crippen LogP contribution >= 0.6 is 35.7 Å². The molecule has 0 spiro atoms. The fourth-order valence-electron chi connectivity index (χ4n) is 4.28. The van der Waals surface area contributed by atoms with E-state index in [-0.39, 0.29) is 11.9 Å². The molecular weight excluding hydrogens is 499 g/mol. The van der Waals surface area contributed by atoms with Crippen LogP contribution in [0.25, 0.3) is 10.5 Å². The third kappa shape index (κ3) is 4.67. The zero-order chi connectivity index (χ0) is 25.3. The van der Waals surface area contributed by atoms with Crippen LogP contribution in [0.15, 0.2) is 57.7 Å². The molecule has 0 N–H and O–H groups in total. The summed E-state index contributed by atoms with van der Waals surface area (Å²) in [6, 6.07) is 15.5. The maximum atomic E-state index is 12.9. The van der Waals surface area contributed by atoms with E-state index in [0.717, 1.165) is 31.5 Å². The third-order valence-corrected chi connectivity index (χ3v) is 9.07. The second kappa shape index (κ2) is 10.2. The third-order valence-electron chi connectivity index (χ3n) is 5.74. The van der Waals surface area contributed by atoms with Gasteiger partial charge in [0.2, 0.25) is 5.91 Å². The Kier molecular flexibility index (Phi) is 7.45. The second-order valence-electron chi connectivity index (χ2n) is 8.47. The summed E-state index contributed by atoms with van der Waals surface area (Å²) in [5.74, 6) is 0.258. The molecule has 2 aromatic rings. The fourth-order valence-corrected chi connectivity index (χ4v) is 7.41. The van der Waals surface area contributed by atoms with E-state index in [1.54, 1.807) is 18.7 Å². The first-order valence-electron chi connectivity index (χ1n) is 11.4. The van der Waals surface area contributed by atoms with Gasteiger partial charge < -0.3 is 14.4 Å². The summed E-state index contributed by atoms with van der Waals surface area (Å²) in [5.41, 5.74) is 2.65. The molecule has 0 radical (unpaired) electrons. The van der Waals surface area contributed by atoms with Crippen LogP contribution in [-0.4, -0.2) is 35.5 Å². The predicted octanol–water partition coefficient (Wildman–Crippen LogP) is 6.68. The van der Waals surface area contributed by atoms with Gasteiger partial charge in [-0.25, -0.2) is 4.79 Å². The Morgan fingerprint density at radius 1 is 1.03 bits per heavy atom. The quantitative estimate of drug-likeness (QED) is 0.245. The average Bonchev–Trinajstić information content (AvgIpc) is 3.26. The lowest BCUT2D eigenvalue weighted by Crippen LogP contribution is -2.55. The first-order chi connectivity index (χ1) is 16.7. The molecule has 1 amide bonds. The topological polar surface area (TPSA) is 55.8 Å². The number of anilines is 1. The lowest BCUT2D eigenvalue weighted by atomic mass is 9.83. The molecule has 35 heavy (non-hydrogen) atoms. The summed E-state index contributed by atoms with van der Waals surface area (Å²) in [6.07, 6.45) is 0. The monoisotopic (exact) mass is 525 g/mol. The number of carbonyl (C=O) groups is 2. The average molecular weight is 526 g/mol. The van der Waals surface area contributed by atoms with Crippen molar-refractivity contribution in [3.63, 3.8) is 0 Å². The van der Waals surface area contributed by atoms with Crippen LogP contribution in [0.3, 0.4) is 0 Å². The number of thiocarbonyl (C=S) groups is 1. The summed E-state index contributed by atoms with van der Waals surface area (Å²) in [7, 11) is 0. The molecule has 0 aliphatic carbocycles. The Morgan fingerprint density at radius 2 is 1.74 bits per heavy atom. The Morgan fingerprint density at radius 3 is 2.37 bits per heavy atom. The molecule has 2 aliphatic heterocycles. The first kappa shape index (κ1) is 25.5. The van der Waals surface area contributed by atoms with E-state index in [1.165, 1.54) is 23.5 Å². The van der Waals surface area contributed by atoms with Crippen molar-refractivity contribution in [2.24, 2.45) is 0 Å². The van der Waals surface area contributed by atoms with Crippen LogP contribution in [0.5, 0.6) is 5.75 Å². The van der Waals surface area contributed by atoms with Gasteiger partial charge in [0.1, 0.15) is 10.7 Å². The van der Waals surface area contributed by atoms with E-state index in [4.69, 9.17) is 21.7 Å². The number of carbonyl (C=O) groups excluding carboxylic acids is 2. The molecule has 0 bridgehead atoms. The fraction of sp³-hybridized carbons (Fsp3) is 0.296. The smallest absolute Gasteiger partial charge is 0.346 e. The number of fused-ring (bicyclic) bond motifs is 1. The van der Waals surface area contributed by atoms with Gasteiger partial charge in [-0.1, -0.05) is 66.1 Å². The molecule has 4 rings (SSSR count). The van der Waals surface area contributed by atoms with Crippen molar-refractivity contribution in [2.75, 3.05) is 18.1 Å². The van der Waals surface area contributed by atoms with Gasteiger partial charge in [-0.2, -0.15) is 0 Å². The number of hydrogen-bond acceptors (Lipinski definition) is 7. The highest BCUT2D eigenvalue weighted by Crippen LogP contribution is 2.58. The zero-order valence-corrected chi connectivity index (χ0v) is 22.8. The number of ether oxygens (including phenoxy) is 2. The zero-order valence-electron chi connectivity index (χ0n) is 20.3. The minimum Gasteiger partial charge on any atom is -0.494 e. The Labute approximate surface area is 219 Å². The highest BCUT2D eigenvalue weighted by atomic mass is 32.2. The molecule has 2 aliphatic rings. The van der Waals surface area contributed by atoms with E-state index < -0.39 is 5.54 Å². The van der Waals surface area contributed by atoms with E-state index in [0.29, 0.717) is 28.7 Å². The van der Waals surface area contributed by atoms with Gasteiger partial charge in [-0.15, -0.1) is 0 Å². The first-order valence-corrected chi connectivity index (χ1v) is 13.4. The minimum atomic E-state index is -0.732. The second-order valence-corrected chi connectivity index (χ2v) is 11.2.